The summed E-state index contributed by atoms with van der Waals surface area (Å²) in [4.78, 5) is 28.1. The van der Waals surface area contributed by atoms with Gasteiger partial charge in [0.05, 0.1) is 17.3 Å². The zero-order valence-electron chi connectivity index (χ0n) is 14.0. The van der Waals surface area contributed by atoms with Gasteiger partial charge in [0.1, 0.15) is 0 Å². The highest BCUT2D eigenvalue weighted by atomic mass is 19.4. The van der Waals surface area contributed by atoms with Crippen LogP contribution in [0.25, 0.3) is 0 Å². The number of alkyl halides is 3. The van der Waals surface area contributed by atoms with Crippen LogP contribution in [0.2, 0.25) is 0 Å². The Kier molecular flexibility index (Phi) is 4.95. The summed E-state index contributed by atoms with van der Waals surface area (Å²) in [6.07, 6.45) is -2.29. The Balaban J connectivity index is 1.80. The molecule has 138 valence electrons. The number of Topliss-reactive ketones (excluding diaryl/α,β-unsaturated/α-hetero) is 1. The number of ketones is 1. The molecule has 1 aromatic heterocycles. The van der Waals surface area contributed by atoms with Crippen LogP contribution in [0.3, 0.4) is 0 Å². The van der Waals surface area contributed by atoms with Gasteiger partial charge in [-0.15, -0.1) is 0 Å². The lowest BCUT2D eigenvalue weighted by Gasteiger charge is -2.11. The van der Waals surface area contributed by atoms with Crippen LogP contribution in [0, 0.1) is 17.2 Å². The molecule has 1 amide bonds. The van der Waals surface area contributed by atoms with Crippen molar-refractivity contribution < 1.29 is 22.8 Å². The number of pyridine rings is 1. The third-order valence-electron chi connectivity index (χ3n) is 4.16. The minimum atomic E-state index is -4.55. The lowest BCUT2D eigenvalue weighted by Crippen LogP contribution is -2.16. The minimum absolute atomic E-state index is 0.00689. The fourth-order valence-electron chi connectivity index (χ4n) is 2.51. The predicted octanol–water partition coefficient (Wildman–Crippen LogP) is 3.94. The van der Waals surface area contributed by atoms with Gasteiger partial charge in [0.2, 0.25) is 5.91 Å². The number of amides is 1. The Hall–Kier alpha value is -3.21. The molecule has 0 saturated heterocycles. The van der Waals surface area contributed by atoms with Crippen LogP contribution in [0.1, 0.15) is 40.4 Å². The number of anilines is 1. The van der Waals surface area contributed by atoms with Crippen molar-refractivity contribution in [3.8, 4) is 6.07 Å². The molecule has 2 aromatic rings. The first-order valence-electron chi connectivity index (χ1n) is 8.17. The van der Waals surface area contributed by atoms with E-state index < -0.39 is 23.4 Å². The Morgan fingerprint density at radius 1 is 1.22 bits per heavy atom. The summed E-state index contributed by atoms with van der Waals surface area (Å²) in [7, 11) is 0. The normalized spacial score (nSPS) is 14.9. The van der Waals surface area contributed by atoms with Crippen molar-refractivity contribution in [1.82, 2.24) is 4.98 Å². The highest BCUT2D eigenvalue weighted by molar-refractivity contribution is 6.04. The zero-order valence-corrected chi connectivity index (χ0v) is 14.0. The molecule has 3 rings (SSSR count). The van der Waals surface area contributed by atoms with E-state index in [4.69, 9.17) is 0 Å². The van der Waals surface area contributed by atoms with Gasteiger partial charge >= 0.3 is 6.18 Å². The van der Waals surface area contributed by atoms with Crippen LogP contribution in [0.4, 0.5) is 18.9 Å². The molecule has 0 bridgehead atoms. The van der Waals surface area contributed by atoms with Crippen molar-refractivity contribution in [2.45, 2.75) is 24.9 Å². The molecule has 1 heterocycles. The molecule has 27 heavy (non-hydrogen) atoms. The standard InChI is InChI=1S/C19H14F3N3O2/c20-19(21,22)13-6-7-16(24-10-13)15(9-23)17(26)12-2-1-3-14(8-12)25-18(27)11-4-5-11/h1-3,6-8,10-11,15H,4-5H2,(H,25,27)/t15-/m0/s1. The highest BCUT2D eigenvalue weighted by Gasteiger charge is 2.32. The van der Waals surface area contributed by atoms with E-state index >= 15 is 0 Å². The molecule has 0 aliphatic heterocycles. The van der Waals surface area contributed by atoms with E-state index in [0.29, 0.717) is 11.9 Å². The monoisotopic (exact) mass is 373 g/mol. The van der Waals surface area contributed by atoms with Crippen LogP contribution >= 0.6 is 0 Å². The fraction of sp³-hybridized carbons (Fsp3) is 0.263. The third-order valence-corrected chi connectivity index (χ3v) is 4.16. The number of rotatable bonds is 5. The average molecular weight is 373 g/mol. The quantitative estimate of drug-likeness (QED) is 0.805. The van der Waals surface area contributed by atoms with Gasteiger partial charge in [0.15, 0.2) is 11.7 Å². The number of nitrogens with zero attached hydrogens (tertiary/aromatic N) is 2. The molecule has 8 heteroatoms. The van der Waals surface area contributed by atoms with E-state index in [1.54, 1.807) is 18.2 Å². The maximum atomic E-state index is 12.6. The van der Waals surface area contributed by atoms with Crippen LogP contribution < -0.4 is 5.32 Å². The number of carbonyl (C=O) groups excluding carboxylic acids is 2. The van der Waals surface area contributed by atoms with Gasteiger partial charge in [-0.25, -0.2) is 0 Å². The summed E-state index contributed by atoms with van der Waals surface area (Å²) < 4.78 is 37.9. The zero-order chi connectivity index (χ0) is 19.6. The Bertz CT molecular complexity index is 913. The summed E-state index contributed by atoms with van der Waals surface area (Å²) in [5, 5.41) is 12.0. The topological polar surface area (TPSA) is 82.9 Å². The molecule has 0 radical (unpaired) electrons. The highest BCUT2D eigenvalue weighted by Crippen LogP contribution is 2.31. The van der Waals surface area contributed by atoms with Gasteiger partial charge in [-0.2, -0.15) is 18.4 Å². The van der Waals surface area contributed by atoms with Gasteiger partial charge in [-0.05, 0) is 37.1 Å². The van der Waals surface area contributed by atoms with Gasteiger partial charge in [0, 0.05) is 23.4 Å². The Labute approximate surface area is 152 Å². The van der Waals surface area contributed by atoms with E-state index in [1.807, 2.05) is 0 Å². The Morgan fingerprint density at radius 2 is 1.96 bits per heavy atom. The van der Waals surface area contributed by atoms with Gasteiger partial charge in [-0.3, -0.25) is 14.6 Å². The molecule has 1 aliphatic rings. The molecule has 1 aromatic carbocycles. The fourth-order valence-corrected chi connectivity index (χ4v) is 2.51. The van der Waals surface area contributed by atoms with E-state index in [1.165, 1.54) is 12.1 Å². The number of benzene rings is 1. The van der Waals surface area contributed by atoms with E-state index in [0.717, 1.165) is 25.0 Å². The van der Waals surface area contributed by atoms with Crippen LogP contribution in [0.5, 0.6) is 0 Å². The summed E-state index contributed by atoms with van der Waals surface area (Å²) in [5.41, 5.74) is -0.435. The number of aromatic nitrogens is 1. The maximum Gasteiger partial charge on any atom is 0.417 e. The molecule has 0 spiro atoms. The molecule has 0 unspecified atom stereocenters. The number of halogens is 3. The van der Waals surface area contributed by atoms with Crippen molar-refractivity contribution in [2.75, 3.05) is 5.32 Å². The van der Waals surface area contributed by atoms with Crippen LogP contribution in [-0.2, 0) is 11.0 Å². The number of hydrogen-bond acceptors (Lipinski definition) is 4. The lowest BCUT2D eigenvalue weighted by molar-refractivity contribution is -0.137. The van der Waals surface area contributed by atoms with Crippen molar-refractivity contribution >= 4 is 17.4 Å². The molecule has 1 aliphatic carbocycles. The third kappa shape index (κ3) is 4.31. The van der Waals surface area contributed by atoms with Crippen molar-refractivity contribution in [3.63, 3.8) is 0 Å². The first-order chi connectivity index (χ1) is 12.8. The predicted molar refractivity (Wildman–Crippen MR) is 89.7 cm³/mol. The first kappa shape index (κ1) is 18.6. The lowest BCUT2D eigenvalue weighted by atomic mass is 9.95. The van der Waals surface area contributed by atoms with Gasteiger partial charge < -0.3 is 5.32 Å². The average Bonchev–Trinajstić information content (AvgIpc) is 3.47. The maximum absolute atomic E-state index is 12.6. The largest absolute Gasteiger partial charge is 0.417 e. The molecule has 1 N–H and O–H groups in total. The van der Waals surface area contributed by atoms with Gasteiger partial charge in [-0.1, -0.05) is 12.1 Å². The summed E-state index contributed by atoms with van der Waals surface area (Å²) >= 11 is 0. The molecule has 1 saturated carbocycles. The van der Waals surface area contributed by atoms with Crippen LogP contribution in [0.15, 0.2) is 42.6 Å². The second kappa shape index (κ2) is 7.19. The number of carbonyl (C=O) groups is 2. The minimum Gasteiger partial charge on any atom is -0.326 e. The van der Waals surface area contributed by atoms with Crippen molar-refractivity contribution in [3.05, 3.63) is 59.4 Å². The summed E-state index contributed by atoms with van der Waals surface area (Å²) in [6, 6.07) is 9.68. The summed E-state index contributed by atoms with van der Waals surface area (Å²) in [5.74, 6) is -2.08. The van der Waals surface area contributed by atoms with E-state index in [-0.39, 0.29) is 23.1 Å². The number of nitrogens with one attached hydrogen (secondary N) is 1. The van der Waals surface area contributed by atoms with Gasteiger partial charge in [0.25, 0.3) is 0 Å². The molecule has 1 fully saturated rings. The van der Waals surface area contributed by atoms with Crippen molar-refractivity contribution in [2.24, 2.45) is 5.92 Å². The molecule has 5 nitrogen and oxygen atoms in total. The smallest absolute Gasteiger partial charge is 0.326 e. The number of hydrogen-bond donors (Lipinski definition) is 1. The molecular formula is C19H14F3N3O2. The van der Waals surface area contributed by atoms with E-state index in [2.05, 4.69) is 10.3 Å². The molecular weight excluding hydrogens is 359 g/mol. The molecule has 1 atom stereocenters. The first-order valence-corrected chi connectivity index (χ1v) is 8.17. The second-order valence-electron chi connectivity index (χ2n) is 6.24. The SMILES string of the molecule is N#C[C@H](C(=O)c1cccc(NC(=O)C2CC2)c1)c1ccc(C(F)(F)F)cn1. The Morgan fingerprint density at radius 3 is 2.52 bits per heavy atom. The van der Waals surface area contributed by atoms with Crippen LogP contribution in [-0.4, -0.2) is 16.7 Å². The van der Waals surface area contributed by atoms with Crippen molar-refractivity contribution in [1.29, 1.82) is 5.26 Å². The van der Waals surface area contributed by atoms with E-state index in [9.17, 15) is 28.0 Å². The number of nitriles is 1. The summed E-state index contributed by atoms with van der Waals surface area (Å²) in [6.45, 7) is 0. The second-order valence-corrected chi connectivity index (χ2v) is 6.24.